The predicted octanol–water partition coefficient (Wildman–Crippen LogP) is 2.90. The molecule has 20 heavy (non-hydrogen) atoms. The molecule has 0 N–H and O–H groups in total. The summed E-state index contributed by atoms with van der Waals surface area (Å²) >= 11 is 3.41. The normalized spacial score (nSPS) is 23.4. The topological polar surface area (TPSA) is 23.6 Å². The minimum Gasteiger partial charge on any atom is -0.305 e. The lowest BCUT2D eigenvalue weighted by molar-refractivity contribution is 0.0967. The van der Waals surface area contributed by atoms with Crippen molar-refractivity contribution in [3.05, 3.63) is 34.3 Å². The second kappa shape index (κ2) is 6.83. The van der Waals surface area contributed by atoms with Crippen molar-refractivity contribution in [1.82, 2.24) is 9.80 Å². The van der Waals surface area contributed by atoms with E-state index in [-0.39, 0.29) is 5.78 Å². The average molecular weight is 339 g/mol. The van der Waals surface area contributed by atoms with Gasteiger partial charge in [0.2, 0.25) is 0 Å². The van der Waals surface area contributed by atoms with Gasteiger partial charge in [-0.1, -0.05) is 35.0 Å². The van der Waals surface area contributed by atoms with Gasteiger partial charge in [0, 0.05) is 42.1 Å². The molecule has 4 heteroatoms. The molecule has 1 aromatic rings. The maximum absolute atomic E-state index is 12.2. The maximum atomic E-state index is 12.2. The summed E-state index contributed by atoms with van der Waals surface area (Å²) in [5.74, 6) is 0.901. The Morgan fingerprint density at radius 1 is 1.40 bits per heavy atom. The van der Waals surface area contributed by atoms with Gasteiger partial charge in [0.25, 0.3) is 0 Å². The summed E-state index contributed by atoms with van der Waals surface area (Å²) in [6.45, 7) is 5.31. The van der Waals surface area contributed by atoms with Crippen molar-refractivity contribution < 1.29 is 4.79 Å². The number of rotatable bonds is 5. The molecule has 0 aliphatic carbocycles. The van der Waals surface area contributed by atoms with E-state index in [1.54, 1.807) is 0 Å². The first-order chi connectivity index (χ1) is 9.47. The largest absolute Gasteiger partial charge is 0.305 e. The fourth-order valence-electron chi connectivity index (χ4n) is 2.97. The van der Waals surface area contributed by atoms with Crippen molar-refractivity contribution in [2.24, 2.45) is 5.92 Å². The van der Waals surface area contributed by atoms with Crippen LogP contribution in [-0.2, 0) is 0 Å². The van der Waals surface area contributed by atoms with Gasteiger partial charge in [-0.15, -0.1) is 0 Å². The van der Waals surface area contributed by atoms with E-state index in [4.69, 9.17) is 0 Å². The first-order valence-electron chi connectivity index (χ1n) is 7.15. The van der Waals surface area contributed by atoms with Gasteiger partial charge in [-0.2, -0.15) is 0 Å². The summed E-state index contributed by atoms with van der Waals surface area (Å²) in [4.78, 5) is 16.9. The zero-order chi connectivity index (χ0) is 14.7. The zero-order valence-corrected chi connectivity index (χ0v) is 14.1. The van der Waals surface area contributed by atoms with Crippen molar-refractivity contribution in [2.75, 3.05) is 33.7 Å². The number of nitrogens with zero attached hydrogens (tertiary/aromatic N) is 2. The van der Waals surface area contributed by atoms with Gasteiger partial charge < -0.3 is 9.80 Å². The van der Waals surface area contributed by atoms with E-state index in [1.165, 1.54) is 0 Å². The second-order valence-corrected chi connectivity index (χ2v) is 6.87. The number of likely N-dealkylation sites (N-methyl/N-ethyl adjacent to an activating group) is 1. The minimum atomic E-state index is 0.229. The highest BCUT2D eigenvalue weighted by molar-refractivity contribution is 9.10. The van der Waals surface area contributed by atoms with Gasteiger partial charge in [-0.05, 0) is 32.1 Å². The number of benzene rings is 1. The van der Waals surface area contributed by atoms with Crippen molar-refractivity contribution in [3.63, 3.8) is 0 Å². The fraction of sp³-hybridized carbons (Fsp3) is 0.562. The summed E-state index contributed by atoms with van der Waals surface area (Å²) in [7, 11) is 4.27. The molecular weight excluding hydrogens is 316 g/mol. The van der Waals surface area contributed by atoms with Gasteiger partial charge in [0.15, 0.2) is 5.78 Å². The number of Topliss-reactive ketones (excluding diaryl/α,β-unsaturated/α-hetero) is 1. The summed E-state index contributed by atoms with van der Waals surface area (Å²) in [5, 5.41) is 0. The quantitative estimate of drug-likeness (QED) is 0.771. The molecule has 1 aromatic carbocycles. The van der Waals surface area contributed by atoms with Crippen molar-refractivity contribution in [1.29, 1.82) is 0 Å². The number of likely N-dealkylation sites (tertiary alicyclic amines) is 1. The molecular formula is C16H23BrN2O. The lowest BCUT2D eigenvalue weighted by atomic mass is 10.1. The Balaban J connectivity index is 1.86. The number of carbonyl (C=O) groups excluding carboxylic acids is 1. The molecule has 2 atom stereocenters. The number of carbonyl (C=O) groups is 1. The van der Waals surface area contributed by atoms with E-state index in [2.05, 4.69) is 46.7 Å². The van der Waals surface area contributed by atoms with Crippen molar-refractivity contribution in [3.8, 4) is 0 Å². The Morgan fingerprint density at radius 3 is 2.75 bits per heavy atom. The van der Waals surface area contributed by atoms with Crippen LogP contribution in [0.2, 0.25) is 0 Å². The lowest BCUT2D eigenvalue weighted by Crippen LogP contribution is -2.34. The third-order valence-electron chi connectivity index (χ3n) is 4.11. The molecule has 0 aromatic heterocycles. The second-order valence-electron chi connectivity index (χ2n) is 5.95. The fourth-order valence-corrected chi connectivity index (χ4v) is 3.37. The van der Waals surface area contributed by atoms with E-state index < -0.39 is 0 Å². The van der Waals surface area contributed by atoms with Gasteiger partial charge in [0.05, 0.1) is 0 Å². The number of hydrogen-bond donors (Lipinski definition) is 0. The minimum absolute atomic E-state index is 0.229. The van der Waals surface area contributed by atoms with Crippen LogP contribution >= 0.6 is 15.9 Å². The average Bonchev–Trinajstić information content (AvgIpc) is 2.77. The van der Waals surface area contributed by atoms with Crippen LogP contribution in [0.3, 0.4) is 0 Å². The van der Waals surface area contributed by atoms with Crippen LogP contribution < -0.4 is 0 Å². The highest BCUT2D eigenvalue weighted by Gasteiger charge is 2.30. The molecule has 0 bridgehead atoms. The molecule has 1 fully saturated rings. The van der Waals surface area contributed by atoms with Gasteiger partial charge in [-0.25, -0.2) is 0 Å². The molecule has 110 valence electrons. The Labute approximate surface area is 130 Å². The first kappa shape index (κ1) is 15.7. The van der Waals surface area contributed by atoms with Crippen molar-refractivity contribution in [2.45, 2.75) is 19.4 Å². The molecule has 3 nitrogen and oxygen atoms in total. The van der Waals surface area contributed by atoms with Crippen LogP contribution in [0.5, 0.6) is 0 Å². The van der Waals surface area contributed by atoms with E-state index in [1.807, 2.05) is 24.3 Å². The molecule has 1 aliphatic rings. The lowest BCUT2D eigenvalue weighted by Gasteiger charge is -2.22. The molecule has 2 rings (SSSR count). The monoisotopic (exact) mass is 338 g/mol. The predicted molar refractivity (Wildman–Crippen MR) is 86.2 cm³/mol. The summed E-state index contributed by atoms with van der Waals surface area (Å²) in [6, 6.07) is 8.26. The van der Waals surface area contributed by atoms with Crippen LogP contribution in [0.4, 0.5) is 0 Å². The standard InChI is InChI=1S/C16H23BrN2O/c1-12-10-19(11-15(12)18(2)3)8-7-16(20)13-5-4-6-14(17)9-13/h4-6,9,12,15H,7-8,10-11H2,1-3H3. The van der Waals surface area contributed by atoms with Crippen molar-refractivity contribution >= 4 is 21.7 Å². The van der Waals surface area contributed by atoms with Gasteiger partial charge >= 0.3 is 0 Å². The zero-order valence-electron chi connectivity index (χ0n) is 12.5. The summed E-state index contributed by atoms with van der Waals surface area (Å²) in [6.07, 6.45) is 0.601. The number of halogens is 1. The first-order valence-corrected chi connectivity index (χ1v) is 7.94. The number of ketones is 1. The molecule has 2 unspecified atom stereocenters. The van der Waals surface area contributed by atoms with Crippen LogP contribution in [0.1, 0.15) is 23.7 Å². The van der Waals surface area contributed by atoms with Crippen LogP contribution in [0.15, 0.2) is 28.7 Å². The summed E-state index contributed by atoms with van der Waals surface area (Å²) < 4.78 is 0.964. The highest BCUT2D eigenvalue weighted by atomic mass is 79.9. The highest BCUT2D eigenvalue weighted by Crippen LogP contribution is 2.20. The molecule has 0 amide bonds. The third kappa shape index (κ3) is 3.90. The van der Waals surface area contributed by atoms with Gasteiger partial charge in [-0.3, -0.25) is 4.79 Å². The van der Waals surface area contributed by atoms with E-state index in [0.29, 0.717) is 18.4 Å². The SMILES string of the molecule is CC1CN(CCC(=O)c2cccc(Br)c2)CC1N(C)C. The van der Waals surface area contributed by atoms with Crippen LogP contribution in [-0.4, -0.2) is 55.4 Å². The molecule has 1 saturated heterocycles. The maximum Gasteiger partial charge on any atom is 0.164 e. The smallest absolute Gasteiger partial charge is 0.164 e. The molecule has 0 radical (unpaired) electrons. The Kier molecular flexibility index (Phi) is 5.35. The van der Waals surface area contributed by atoms with E-state index in [0.717, 1.165) is 29.7 Å². The number of hydrogen-bond acceptors (Lipinski definition) is 3. The van der Waals surface area contributed by atoms with E-state index in [9.17, 15) is 4.79 Å². The van der Waals surface area contributed by atoms with Crippen LogP contribution in [0, 0.1) is 5.92 Å². The van der Waals surface area contributed by atoms with Crippen LogP contribution in [0.25, 0.3) is 0 Å². The Bertz CT molecular complexity index is 475. The third-order valence-corrected chi connectivity index (χ3v) is 4.61. The molecule has 0 spiro atoms. The van der Waals surface area contributed by atoms with Gasteiger partial charge in [0.1, 0.15) is 0 Å². The molecule has 1 aliphatic heterocycles. The Morgan fingerprint density at radius 2 is 2.15 bits per heavy atom. The molecule has 1 heterocycles. The summed E-state index contributed by atoms with van der Waals surface area (Å²) in [5.41, 5.74) is 0.802. The Hall–Kier alpha value is -0.710. The molecule has 0 saturated carbocycles. The van der Waals surface area contributed by atoms with E-state index >= 15 is 0 Å².